The van der Waals surface area contributed by atoms with Crippen LogP contribution >= 0.6 is 0 Å². The van der Waals surface area contributed by atoms with Crippen LogP contribution in [0.2, 0.25) is 0 Å². The Morgan fingerprint density at radius 2 is 1.81 bits per heavy atom. The summed E-state index contributed by atoms with van der Waals surface area (Å²) >= 11 is 0. The van der Waals surface area contributed by atoms with Crippen LogP contribution < -0.4 is 0 Å². The topological polar surface area (TPSA) is 34.5 Å². The molecule has 6 heteroatoms. The Labute approximate surface area is 152 Å². The third-order valence-corrected chi connectivity index (χ3v) is 4.86. The molecular weight excluding hydrogens is 338 g/mol. The summed E-state index contributed by atoms with van der Waals surface area (Å²) in [5.74, 6) is -0.172. The van der Waals surface area contributed by atoms with Crippen LogP contribution in [0.15, 0.2) is 42.5 Å². The van der Waals surface area contributed by atoms with E-state index >= 15 is 0 Å². The zero-order valence-electron chi connectivity index (χ0n) is 15.2. The van der Waals surface area contributed by atoms with Crippen molar-refractivity contribution in [1.29, 1.82) is 0 Å². The second-order valence-electron chi connectivity index (χ2n) is 7.04. The molecule has 0 unspecified atom stereocenters. The standard InChI is InChI=1S/C20H24F2N2O2/c1-13(2)17-11-23(12-18(26-17)15-7-5-4-6-8-15)19(25)16-10-9-14(3)24(16)20(21)22/h4-10,13,17-18,20H,11-12H2,1-3H3/t17-,18+/m1/s1. The number of carbonyl (C=O) groups excluding carboxylic acids is 1. The zero-order valence-corrected chi connectivity index (χ0v) is 15.2. The van der Waals surface area contributed by atoms with Crippen molar-refractivity contribution in [1.82, 2.24) is 9.47 Å². The summed E-state index contributed by atoms with van der Waals surface area (Å²) in [5.41, 5.74) is 1.38. The lowest BCUT2D eigenvalue weighted by Gasteiger charge is -2.40. The van der Waals surface area contributed by atoms with E-state index in [1.807, 2.05) is 44.2 Å². The number of alkyl halides is 2. The number of aromatic nitrogens is 1. The minimum atomic E-state index is -2.74. The van der Waals surface area contributed by atoms with E-state index in [9.17, 15) is 13.6 Å². The number of ether oxygens (including phenoxy) is 1. The van der Waals surface area contributed by atoms with E-state index in [-0.39, 0.29) is 29.7 Å². The molecule has 0 radical (unpaired) electrons. The van der Waals surface area contributed by atoms with Crippen molar-refractivity contribution in [2.45, 2.75) is 39.5 Å². The molecule has 0 N–H and O–H groups in total. The molecule has 0 saturated carbocycles. The molecule has 4 nitrogen and oxygen atoms in total. The average Bonchev–Trinajstić information content (AvgIpc) is 3.03. The van der Waals surface area contributed by atoms with Crippen molar-refractivity contribution >= 4 is 5.91 Å². The van der Waals surface area contributed by atoms with E-state index in [4.69, 9.17) is 4.74 Å². The number of benzene rings is 1. The maximum atomic E-state index is 13.4. The maximum Gasteiger partial charge on any atom is 0.319 e. The van der Waals surface area contributed by atoms with Crippen LogP contribution in [-0.2, 0) is 4.74 Å². The number of hydrogen-bond donors (Lipinski definition) is 0. The van der Waals surface area contributed by atoms with Gasteiger partial charge in [0.15, 0.2) is 0 Å². The molecule has 1 amide bonds. The Kier molecular flexibility index (Phi) is 5.41. The Hall–Kier alpha value is -2.21. The summed E-state index contributed by atoms with van der Waals surface area (Å²) in [6.07, 6.45) is -0.411. The summed E-state index contributed by atoms with van der Waals surface area (Å²) in [6.45, 7) is 3.65. The molecule has 2 heterocycles. The molecule has 2 atom stereocenters. The first-order valence-electron chi connectivity index (χ1n) is 8.84. The van der Waals surface area contributed by atoms with Gasteiger partial charge in [0, 0.05) is 12.2 Å². The summed E-state index contributed by atoms with van der Waals surface area (Å²) in [7, 11) is 0. The molecular formula is C20H24F2N2O2. The van der Waals surface area contributed by atoms with Crippen LogP contribution in [0.3, 0.4) is 0 Å². The van der Waals surface area contributed by atoms with Crippen molar-refractivity contribution < 1.29 is 18.3 Å². The van der Waals surface area contributed by atoms with Crippen molar-refractivity contribution in [3.8, 4) is 0 Å². The number of amides is 1. The number of morpholine rings is 1. The van der Waals surface area contributed by atoms with Crippen LogP contribution in [0.4, 0.5) is 8.78 Å². The van der Waals surface area contributed by atoms with Crippen molar-refractivity contribution in [2.75, 3.05) is 13.1 Å². The molecule has 0 bridgehead atoms. The van der Waals surface area contributed by atoms with Gasteiger partial charge < -0.3 is 9.64 Å². The Bertz CT molecular complexity index is 758. The number of carbonyl (C=O) groups is 1. The monoisotopic (exact) mass is 362 g/mol. The van der Waals surface area contributed by atoms with Gasteiger partial charge in [-0.1, -0.05) is 44.2 Å². The zero-order chi connectivity index (χ0) is 18.8. The van der Waals surface area contributed by atoms with Gasteiger partial charge in [-0.3, -0.25) is 9.36 Å². The molecule has 0 spiro atoms. The van der Waals surface area contributed by atoms with E-state index < -0.39 is 6.55 Å². The molecule has 1 aromatic carbocycles. The normalized spacial score (nSPS) is 20.8. The molecule has 0 aliphatic carbocycles. The number of aryl methyl sites for hydroxylation is 1. The number of nitrogens with zero attached hydrogens (tertiary/aromatic N) is 2. The lowest BCUT2D eigenvalue weighted by molar-refractivity contribution is -0.0958. The van der Waals surface area contributed by atoms with E-state index in [0.29, 0.717) is 18.8 Å². The Morgan fingerprint density at radius 3 is 2.42 bits per heavy atom. The minimum absolute atomic E-state index is 0.0220. The highest BCUT2D eigenvalue weighted by Gasteiger charge is 2.34. The van der Waals surface area contributed by atoms with Gasteiger partial charge in [-0.05, 0) is 30.5 Å². The Morgan fingerprint density at radius 1 is 1.12 bits per heavy atom. The van der Waals surface area contributed by atoms with Gasteiger partial charge in [-0.15, -0.1) is 0 Å². The van der Waals surface area contributed by atoms with Gasteiger partial charge in [0.05, 0.1) is 12.6 Å². The van der Waals surface area contributed by atoms with Gasteiger partial charge in [-0.2, -0.15) is 8.78 Å². The molecule has 26 heavy (non-hydrogen) atoms. The molecule has 140 valence electrons. The molecule has 1 fully saturated rings. The van der Waals surface area contributed by atoms with E-state index in [2.05, 4.69) is 0 Å². The first-order valence-corrected chi connectivity index (χ1v) is 8.84. The maximum absolute atomic E-state index is 13.4. The number of halogens is 2. The Balaban J connectivity index is 1.89. The molecule has 1 aromatic heterocycles. The van der Waals surface area contributed by atoms with Crippen LogP contribution in [0.25, 0.3) is 0 Å². The fourth-order valence-corrected chi connectivity index (χ4v) is 3.32. The molecule has 3 rings (SSSR count). The van der Waals surface area contributed by atoms with E-state index in [0.717, 1.165) is 10.1 Å². The fraction of sp³-hybridized carbons (Fsp3) is 0.450. The predicted molar refractivity (Wildman–Crippen MR) is 95.2 cm³/mol. The van der Waals surface area contributed by atoms with Crippen LogP contribution in [-0.4, -0.2) is 34.6 Å². The summed E-state index contributed by atoms with van der Waals surface area (Å²) in [6, 6.07) is 12.7. The minimum Gasteiger partial charge on any atom is -0.366 e. The first kappa shape index (κ1) is 18.6. The van der Waals surface area contributed by atoms with Crippen molar-refractivity contribution in [3.63, 3.8) is 0 Å². The highest BCUT2D eigenvalue weighted by molar-refractivity contribution is 5.93. The molecule has 2 aromatic rings. The van der Waals surface area contributed by atoms with Gasteiger partial charge in [-0.25, -0.2) is 0 Å². The van der Waals surface area contributed by atoms with Gasteiger partial charge >= 0.3 is 6.55 Å². The van der Waals surface area contributed by atoms with Gasteiger partial charge in [0.25, 0.3) is 5.91 Å². The molecule has 1 saturated heterocycles. The highest BCUT2D eigenvalue weighted by Crippen LogP contribution is 2.30. The van der Waals surface area contributed by atoms with Gasteiger partial charge in [0.1, 0.15) is 11.8 Å². The predicted octanol–water partition coefficient (Wildman–Crippen LogP) is 4.43. The third kappa shape index (κ3) is 3.65. The number of rotatable bonds is 4. The summed E-state index contributed by atoms with van der Waals surface area (Å²) in [5, 5.41) is 0. The average molecular weight is 362 g/mol. The van der Waals surface area contributed by atoms with Gasteiger partial charge in [0.2, 0.25) is 0 Å². The fourth-order valence-electron chi connectivity index (χ4n) is 3.32. The SMILES string of the molecule is Cc1ccc(C(=O)N2C[C@@H](c3ccccc3)O[C@@H](C(C)C)C2)n1C(F)F. The lowest BCUT2D eigenvalue weighted by atomic mass is 10.0. The van der Waals surface area contributed by atoms with Crippen LogP contribution in [0.5, 0.6) is 0 Å². The van der Waals surface area contributed by atoms with Crippen LogP contribution in [0.1, 0.15) is 48.2 Å². The number of hydrogen-bond acceptors (Lipinski definition) is 2. The summed E-state index contributed by atoms with van der Waals surface area (Å²) in [4.78, 5) is 14.6. The van der Waals surface area contributed by atoms with Crippen LogP contribution in [0, 0.1) is 12.8 Å². The van der Waals surface area contributed by atoms with Crippen molar-refractivity contribution in [2.24, 2.45) is 5.92 Å². The van der Waals surface area contributed by atoms with E-state index in [1.54, 1.807) is 17.9 Å². The second kappa shape index (κ2) is 7.58. The highest BCUT2D eigenvalue weighted by atomic mass is 19.3. The molecule has 1 aliphatic heterocycles. The second-order valence-corrected chi connectivity index (χ2v) is 7.04. The lowest BCUT2D eigenvalue weighted by Crippen LogP contribution is -2.49. The third-order valence-electron chi connectivity index (χ3n) is 4.86. The molecule has 1 aliphatic rings. The first-order chi connectivity index (χ1) is 12.4. The summed E-state index contributed by atoms with van der Waals surface area (Å²) < 4.78 is 33.7. The van der Waals surface area contributed by atoms with E-state index in [1.165, 1.54) is 6.07 Å². The largest absolute Gasteiger partial charge is 0.366 e. The smallest absolute Gasteiger partial charge is 0.319 e. The quantitative estimate of drug-likeness (QED) is 0.806. The van der Waals surface area contributed by atoms with Crippen molar-refractivity contribution in [3.05, 3.63) is 59.4 Å².